The first-order chi connectivity index (χ1) is 10.2. The summed E-state index contributed by atoms with van der Waals surface area (Å²) in [5, 5.41) is 3.68. The maximum Gasteiger partial charge on any atom is 0.123 e. The summed E-state index contributed by atoms with van der Waals surface area (Å²) >= 11 is 0. The fraction of sp³-hybridized carbons (Fsp3) is 0.647. The Labute approximate surface area is 125 Å². The molecule has 0 radical (unpaired) electrons. The van der Waals surface area contributed by atoms with E-state index in [1.807, 2.05) is 12.1 Å². The first-order valence-corrected chi connectivity index (χ1v) is 7.90. The van der Waals surface area contributed by atoms with E-state index in [2.05, 4.69) is 12.2 Å². The molecule has 21 heavy (non-hydrogen) atoms. The van der Waals surface area contributed by atoms with Crippen molar-refractivity contribution >= 4 is 0 Å². The van der Waals surface area contributed by atoms with E-state index in [4.69, 9.17) is 9.47 Å². The van der Waals surface area contributed by atoms with Crippen molar-refractivity contribution in [2.24, 2.45) is 0 Å². The first kappa shape index (κ1) is 14.9. The molecular formula is C17H24FNO2. The monoisotopic (exact) mass is 293 g/mol. The van der Waals surface area contributed by atoms with Crippen molar-refractivity contribution in [3.63, 3.8) is 0 Å². The van der Waals surface area contributed by atoms with Crippen LogP contribution in [0.1, 0.15) is 44.2 Å². The third-order valence-corrected chi connectivity index (χ3v) is 4.75. The first-order valence-electron chi connectivity index (χ1n) is 7.90. The molecule has 4 heteroatoms. The summed E-state index contributed by atoms with van der Waals surface area (Å²) in [6, 6.07) is 7.45. The molecular weight excluding hydrogens is 269 g/mol. The minimum Gasteiger partial charge on any atom is -0.381 e. The molecule has 0 amide bonds. The average Bonchev–Trinajstić information content (AvgIpc) is 2.49. The summed E-state index contributed by atoms with van der Waals surface area (Å²) in [7, 11) is 0. The van der Waals surface area contributed by atoms with Crippen LogP contribution in [0.4, 0.5) is 4.39 Å². The largest absolute Gasteiger partial charge is 0.381 e. The average molecular weight is 293 g/mol. The predicted molar refractivity (Wildman–Crippen MR) is 79.7 cm³/mol. The molecule has 1 spiro atoms. The second kappa shape index (κ2) is 6.42. The molecule has 2 fully saturated rings. The van der Waals surface area contributed by atoms with Gasteiger partial charge in [0.15, 0.2) is 0 Å². The Bertz CT molecular complexity index is 451. The van der Waals surface area contributed by atoms with Gasteiger partial charge in [-0.2, -0.15) is 0 Å². The van der Waals surface area contributed by atoms with E-state index in [-0.39, 0.29) is 17.5 Å². The predicted octanol–water partition coefficient (Wildman–Crippen LogP) is 3.20. The molecule has 1 aromatic carbocycles. The van der Waals surface area contributed by atoms with Gasteiger partial charge in [0, 0.05) is 31.9 Å². The van der Waals surface area contributed by atoms with Crippen LogP contribution in [0.5, 0.6) is 0 Å². The van der Waals surface area contributed by atoms with Gasteiger partial charge in [-0.1, -0.05) is 12.1 Å². The zero-order chi connectivity index (χ0) is 14.7. The van der Waals surface area contributed by atoms with Crippen molar-refractivity contribution < 1.29 is 13.9 Å². The van der Waals surface area contributed by atoms with Gasteiger partial charge in [0.05, 0.1) is 5.60 Å². The second-order valence-electron chi connectivity index (χ2n) is 6.27. The molecule has 3 rings (SSSR count). The van der Waals surface area contributed by atoms with Gasteiger partial charge in [0.2, 0.25) is 0 Å². The van der Waals surface area contributed by atoms with Gasteiger partial charge in [-0.15, -0.1) is 0 Å². The van der Waals surface area contributed by atoms with E-state index >= 15 is 0 Å². The molecule has 2 aliphatic rings. The van der Waals surface area contributed by atoms with Gasteiger partial charge < -0.3 is 14.8 Å². The molecule has 2 aliphatic heterocycles. The van der Waals surface area contributed by atoms with Gasteiger partial charge >= 0.3 is 0 Å². The lowest BCUT2D eigenvalue weighted by Gasteiger charge is -2.44. The number of ether oxygens (including phenoxy) is 2. The number of hydrogen-bond acceptors (Lipinski definition) is 3. The van der Waals surface area contributed by atoms with Crippen molar-refractivity contribution in [2.75, 3.05) is 19.8 Å². The van der Waals surface area contributed by atoms with Gasteiger partial charge in [-0.3, -0.25) is 0 Å². The Hall–Kier alpha value is -0.970. The van der Waals surface area contributed by atoms with E-state index in [1.54, 1.807) is 0 Å². The Balaban J connectivity index is 1.60. The number of benzene rings is 1. The maximum absolute atomic E-state index is 13.0. The zero-order valence-corrected chi connectivity index (χ0v) is 12.6. The van der Waals surface area contributed by atoms with E-state index < -0.39 is 0 Å². The highest BCUT2D eigenvalue weighted by Gasteiger charge is 2.39. The number of rotatable bonds is 3. The molecule has 0 bridgehead atoms. The number of halogens is 1. The van der Waals surface area contributed by atoms with E-state index in [1.165, 1.54) is 12.1 Å². The Morgan fingerprint density at radius 2 is 1.90 bits per heavy atom. The lowest BCUT2D eigenvalue weighted by atomic mass is 9.83. The molecule has 1 N–H and O–H groups in total. The standard InChI is InChI=1S/C17H24FNO2/c1-13(14-2-4-15(18)5-3-14)19-16-6-9-21-17(12-16)7-10-20-11-8-17/h2-5,13,16,19H,6-12H2,1H3/t13-,16?/m0/s1. The van der Waals surface area contributed by atoms with Crippen LogP contribution in [0.15, 0.2) is 24.3 Å². The number of hydrogen-bond donors (Lipinski definition) is 1. The van der Waals surface area contributed by atoms with Crippen LogP contribution in [0, 0.1) is 5.82 Å². The van der Waals surface area contributed by atoms with Crippen LogP contribution in [-0.4, -0.2) is 31.5 Å². The molecule has 2 atom stereocenters. The molecule has 1 aromatic rings. The fourth-order valence-corrected chi connectivity index (χ4v) is 3.46. The summed E-state index contributed by atoms with van der Waals surface area (Å²) in [5.41, 5.74) is 1.14. The fourth-order valence-electron chi connectivity index (χ4n) is 3.46. The van der Waals surface area contributed by atoms with Crippen LogP contribution < -0.4 is 5.32 Å². The SMILES string of the molecule is C[C@H](NC1CCOC2(CCOCC2)C1)c1ccc(F)cc1. The molecule has 2 saturated heterocycles. The Morgan fingerprint density at radius 1 is 1.19 bits per heavy atom. The van der Waals surface area contributed by atoms with E-state index in [9.17, 15) is 4.39 Å². The maximum atomic E-state index is 13.0. The summed E-state index contributed by atoms with van der Waals surface area (Å²) < 4.78 is 24.5. The molecule has 1 unspecified atom stereocenters. The lowest BCUT2D eigenvalue weighted by Crippen LogP contribution is -2.50. The summed E-state index contributed by atoms with van der Waals surface area (Å²) in [4.78, 5) is 0. The van der Waals surface area contributed by atoms with Crippen LogP contribution in [0.25, 0.3) is 0 Å². The highest BCUT2D eigenvalue weighted by Crippen LogP contribution is 2.35. The minimum absolute atomic E-state index is 0.0106. The third-order valence-electron chi connectivity index (χ3n) is 4.75. The summed E-state index contributed by atoms with van der Waals surface area (Å²) in [6.45, 7) is 4.56. The summed E-state index contributed by atoms with van der Waals surface area (Å²) in [5.74, 6) is -0.182. The molecule has 0 aliphatic carbocycles. The third kappa shape index (κ3) is 3.62. The highest BCUT2D eigenvalue weighted by molar-refractivity contribution is 5.19. The van der Waals surface area contributed by atoms with E-state index in [0.717, 1.165) is 51.1 Å². The van der Waals surface area contributed by atoms with Gasteiger partial charge in [0.1, 0.15) is 5.82 Å². The quantitative estimate of drug-likeness (QED) is 0.928. The zero-order valence-electron chi connectivity index (χ0n) is 12.6. The molecule has 0 aromatic heterocycles. The summed E-state index contributed by atoms with van der Waals surface area (Å²) in [6.07, 6.45) is 4.07. The molecule has 3 nitrogen and oxygen atoms in total. The van der Waals surface area contributed by atoms with Crippen LogP contribution in [0.2, 0.25) is 0 Å². The van der Waals surface area contributed by atoms with Gasteiger partial charge in [0.25, 0.3) is 0 Å². The second-order valence-corrected chi connectivity index (χ2v) is 6.27. The Morgan fingerprint density at radius 3 is 2.62 bits per heavy atom. The smallest absolute Gasteiger partial charge is 0.123 e. The minimum atomic E-state index is -0.182. The Kier molecular flexibility index (Phi) is 4.57. The normalized spacial score (nSPS) is 26.7. The lowest BCUT2D eigenvalue weighted by molar-refractivity contribution is -0.140. The van der Waals surface area contributed by atoms with Crippen molar-refractivity contribution in [2.45, 2.75) is 50.3 Å². The molecule has 0 saturated carbocycles. The van der Waals surface area contributed by atoms with E-state index in [0.29, 0.717) is 6.04 Å². The van der Waals surface area contributed by atoms with Crippen molar-refractivity contribution in [1.82, 2.24) is 5.32 Å². The van der Waals surface area contributed by atoms with Crippen molar-refractivity contribution in [3.8, 4) is 0 Å². The van der Waals surface area contributed by atoms with Crippen LogP contribution >= 0.6 is 0 Å². The number of nitrogens with one attached hydrogen (secondary N) is 1. The van der Waals surface area contributed by atoms with Gasteiger partial charge in [-0.25, -0.2) is 4.39 Å². The van der Waals surface area contributed by atoms with Crippen molar-refractivity contribution in [1.29, 1.82) is 0 Å². The van der Waals surface area contributed by atoms with Crippen LogP contribution in [0.3, 0.4) is 0 Å². The van der Waals surface area contributed by atoms with Crippen molar-refractivity contribution in [3.05, 3.63) is 35.6 Å². The molecule has 2 heterocycles. The highest BCUT2D eigenvalue weighted by atomic mass is 19.1. The van der Waals surface area contributed by atoms with Crippen LogP contribution in [-0.2, 0) is 9.47 Å². The molecule has 116 valence electrons. The van der Waals surface area contributed by atoms with Gasteiger partial charge in [-0.05, 0) is 50.3 Å². The topological polar surface area (TPSA) is 30.5 Å².